The highest BCUT2D eigenvalue weighted by Gasteiger charge is 2.33. The maximum atomic E-state index is 12.2. The first kappa shape index (κ1) is 18.6. The van der Waals surface area contributed by atoms with E-state index in [9.17, 15) is 4.79 Å². The van der Waals surface area contributed by atoms with E-state index in [1.807, 2.05) is 60.5 Å². The second-order valence-electron chi connectivity index (χ2n) is 7.03. The van der Waals surface area contributed by atoms with Gasteiger partial charge in [0.05, 0.1) is 17.1 Å². The van der Waals surface area contributed by atoms with Gasteiger partial charge < -0.3 is 9.64 Å². The maximum Gasteiger partial charge on any atom is 0.223 e. The van der Waals surface area contributed by atoms with Gasteiger partial charge in [0.15, 0.2) is 0 Å². The molecule has 1 aliphatic carbocycles. The van der Waals surface area contributed by atoms with Crippen molar-refractivity contribution in [1.29, 1.82) is 0 Å². The first-order valence-corrected chi connectivity index (χ1v) is 9.73. The number of carbonyl (C=O) groups is 1. The van der Waals surface area contributed by atoms with Gasteiger partial charge >= 0.3 is 0 Å². The minimum absolute atomic E-state index is 0.0639. The number of rotatable bonds is 6. The van der Waals surface area contributed by atoms with Gasteiger partial charge in [-0.25, -0.2) is 4.68 Å². The molecule has 2 aromatic carbocycles. The van der Waals surface area contributed by atoms with Crippen molar-refractivity contribution in [3.63, 3.8) is 0 Å². The molecule has 28 heavy (non-hydrogen) atoms. The molecule has 1 aliphatic rings. The minimum atomic E-state index is 0.0639. The Bertz CT molecular complexity index is 996. The molecule has 0 atom stereocenters. The average Bonchev–Trinajstić information content (AvgIpc) is 3.48. The average molecular weight is 396 g/mol. The number of hydrogen-bond donors (Lipinski definition) is 0. The predicted molar refractivity (Wildman–Crippen MR) is 109 cm³/mol. The first-order valence-electron chi connectivity index (χ1n) is 9.35. The Labute approximate surface area is 169 Å². The summed E-state index contributed by atoms with van der Waals surface area (Å²) in [5, 5.41) is 5.24. The molecule has 0 N–H and O–H groups in total. The summed E-state index contributed by atoms with van der Waals surface area (Å²) < 4.78 is 7.90. The van der Waals surface area contributed by atoms with E-state index in [1.165, 1.54) is 0 Å². The van der Waals surface area contributed by atoms with Crippen molar-refractivity contribution in [2.45, 2.75) is 32.4 Å². The fraction of sp³-hybridized carbons (Fsp3) is 0.273. The third-order valence-electron chi connectivity index (χ3n) is 4.90. The van der Waals surface area contributed by atoms with Crippen molar-refractivity contribution in [1.82, 2.24) is 14.7 Å². The van der Waals surface area contributed by atoms with Gasteiger partial charge in [-0.15, -0.1) is 0 Å². The van der Waals surface area contributed by atoms with Crippen LogP contribution in [0.4, 0.5) is 0 Å². The van der Waals surface area contributed by atoms with E-state index >= 15 is 0 Å². The molecule has 1 heterocycles. The Morgan fingerprint density at radius 3 is 2.50 bits per heavy atom. The standard InChI is InChI=1S/C22H22ClN3O2/c1-15(27)26(17-12-13-17)14-18-21(16-8-4-3-5-9-16)24-25(2)22(18)28-20-11-7-6-10-19(20)23/h3-11,17H,12-14H2,1-2H3. The van der Waals surface area contributed by atoms with E-state index < -0.39 is 0 Å². The molecule has 1 fully saturated rings. The largest absolute Gasteiger partial charge is 0.437 e. The topological polar surface area (TPSA) is 47.4 Å². The van der Waals surface area contributed by atoms with Gasteiger partial charge in [0.25, 0.3) is 0 Å². The number of benzene rings is 2. The second-order valence-corrected chi connectivity index (χ2v) is 7.44. The van der Waals surface area contributed by atoms with Gasteiger partial charge in [0.1, 0.15) is 11.4 Å². The molecular weight excluding hydrogens is 374 g/mol. The molecule has 3 aromatic rings. The summed E-state index contributed by atoms with van der Waals surface area (Å²) >= 11 is 6.30. The van der Waals surface area contributed by atoms with Gasteiger partial charge in [-0.3, -0.25) is 4.79 Å². The fourth-order valence-electron chi connectivity index (χ4n) is 3.34. The lowest BCUT2D eigenvalue weighted by molar-refractivity contribution is -0.130. The highest BCUT2D eigenvalue weighted by atomic mass is 35.5. The van der Waals surface area contributed by atoms with E-state index in [0.29, 0.717) is 29.2 Å². The van der Waals surface area contributed by atoms with Crippen LogP contribution in [-0.4, -0.2) is 26.6 Å². The number of ether oxygens (including phenoxy) is 1. The number of amides is 1. The summed E-state index contributed by atoms with van der Waals surface area (Å²) in [5.74, 6) is 1.22. The van der Waals surface area contributed by atoms with Crippen LogP contribution in [0, 0.1) is 0 Å². The van der Waals surface area contributed by atoms with Gasteiger partial charge in [0.2, 0.25) is 11.8 Å². The number of carbonyl (C=O) groups excluding carboxylic acids is 1. The SMILES string of the molecule is CC(=O)N(Cc1c(-c2ccccc2)nn(C)c1Oc1ccccc1Cl)C1CC1. The van der Waals surface area contributed by atoms with Crippen LogP contribution in [0.5, 0.6) is 11.6 Å². The van der Waals surface area contributed by atoms with Crippen LogP contribution in [0.1, 0.15) is 25.3 Å². The van der Waals surface area contributed by atoms with Crippen molar-refractivity contribution in [2.24, 2.45) is 7.05 Å². The molecule has 0 spiro atoms. The van der Waals surface area contributed by atoms with Gasteiger partial charge in [-0.1, -0.05) is 54.1 Å². The normalized spacial score (nSPS) is 13.4. The minimum Gasteiger partial charge on any atom is -0.437 e. The monoisotopic (exact) mass is 395 g/mol. The summed E-state index contributed by atoms with van der Waals surface area (Å²) in [4.78, 5) is 14.2. The lowest BCUT2D eigenvalue weighted by Crippen LogP contribution is -2.30. The van der Waals surface area contributed by atoms with Crippen LogP contribution in [0.25, 0.3) is 11.3 Å². The van der Waals surface area contributed by atoms with E-state index in [-0.39, 0.29) is 5.91 Å². The number of hydrogen-bond acceptors (Lipinski definition) is 3. The van der Waals surface area contributed by atoms with Crippen molar-refractivity contribution in [2.75, 3.05) is 0 Å². The molecule has 0 bridgehead atoms. The van der Waals surface area contributed by atoms with Crippen LogP contribution >= 0.6 is 11.6 Å². The summed E-state index contributed by atoms with van der Waals surface area (Å²) in [5.41, 5.74) is 2.69. The van der Waals surface area contributed by atoms with Crippen molar-refractivity contribution < 1.29 is 9.53 Å². The van der Waals surface area contributed by atoms with E-state index in [2.05, 4.69) is 0 Å². The van der Waals surface area contributed by atoms with Crippen LogP contribution in [0.15, 0.2) is 54.6 Å². The molecule has 6 heteroatoms. The smallest absolute Gasteiger partial charge is 0.223 e. The molecule has 144 valence electrons. The number of para-hydroxylation sites is 1. The van der Waals surface area contributed by atoms with Crippen LogP contribution in [0.2, 0.25) is 5.02 Å². The number of aromatic nitrogens is 2. The number of nitrogens with zero attached hydrogens (tertiary/aromatic N) is 3. The summed E-state index contributed by atoms with van der Waals surface area (Å²) in [6.45, 7) is 2.07. The number of halogens is 1. The van der Waals surface area contributed by atoms with Gasteiger partial charge in [0, 0.05) is 25.6 Å². The Morgan fingerprint density at radius 1 is 1.18 bits per heavy atom. The summed E-state index contributed by atoms with van der Waals surface area (Å²) in [7, 11) is 1.84. The second kappa shape index (κ2) is 7.68. The van der Waals surface area contributed by atoms with Gasteiger partial charge in [-0.2, -0.15) is 5.10 Å². The molecule has 1 aromatic heterocycles. The zero-order valence-corrected chi connectivity index (χ0v) is 16.7. The number of aryl methyl sites for hydroxylation is 1. The lowest BCUT2D eigenvalue weighted by Gasteiger charge is -2.21. The zero-order valence-electron chi connectivity index (χ0n) is 15.9. The van der Waals surface area contributed by atoms with Crippen LogP contribution in [0.3, 0.4) is 0 Å². The first-order chi connectivity index (χ1) is 13.5. The van der Waals surface area contributed by atoms with Crippen molar-refractivity contribution in [3.05, 3.63) is 65.2 Å². The molecule has 1 amide bonds. The third-order valence-corrected chi connectivity index (χ3v) is 5.21. The van der Waals surface area contributed by atoms with E-state index in [0.717, 1.165) is 29.7 Å². The highest BCUT2D eigenvalue weighted by molar-refractivity contribution is 6.32. The Morgan fingerprint density at radius 2 is 1.86 bits per heavy atom. The van der Waals surface area contributed by atoms with Crippen LogP contribution in [-0.2, 0) is 18.4 Å². The zero-order chi connectivity index (χ0) is 19.7. The van der Waals surface area contributed by atoms with E-state index in [1.54, 1.807) is 17.7 Å². The predicted octanol–water partition coefficient (Wildman–Crippen LogP) is 5.04. The van der Waals surface area contributed by atoms with Gasteiger partial charge in [-0.05, 0) is 25.0 Å². The van der Waals surface area contributed by atoms with Crippen molar-refractivity contribution in [3.8, 4) is 22.9 Å². The van der Waals surface area contributed by atoms with Crippen LogP contribution < -0.4 is 4.74 Å². The third kappa shape index (κ3) is 3.76. The summed E-state index contributed by atoms with van der Waals surface area (Å²) in [6, 6.07) is 17.6. The van der Waals surface area contributed by atoms with E-state index in [4.69, 9.17) is 21.4 Å². The molecular formula is C22H22ClN3O2. The Hall–Kier alpha value is -2.79. The Balaban J connectivity index is 1.79. The molecule has 0 aliphatic heterocycles. The molecule has 5 nitrogen and oxygen atoms in total. The summed E-state index contributed by atoms with van der Waals surface area (Å²) in [6.07, 6.45) is 2.09. The fourth-order valence-corrected chi connectivity index (χ4v) is 3.51. The molecule has 0 saturated heterocycles. The molecule has 1 saturated carbocycles. The van der Waals surface area contributed by atoms with Crippen molar-refractivity contribution >= 4 is 17.5 Å². The lowest BCUT2D eigenvalue weighted by atomic mass is 10.1. The molecule has 0 radical (unpaired) electrons. The molecule has 4 rings (SSSR count). The maximum absolute atomic E-state index is 12.2. The quantitative estimate of drug-likeness (QED) is 0.587. The highest BCUT2D eigenvalue weighted by Crippen LogP contribution is 2.38. The molecule has 0 unspecified atom stereocenters. The Kier molecular flexibility index (Phi) is 5.09.